The molecule has 4 saturated carbocycles. The van der Waals surface area contributed by atoms with E-state index in [9.17, 15) is 9.59 Å². The zero-order chi connectivity index (χ0) is 19.0. The van der Waals surface area contributed by atoms with Crippen molar-refractivity contribution in [3.05, 3.63) is 0 Å². The Hall–Kier alpha value is -1.14. The summed E-state index contributed by atoms with van der Waals surface area (Å²) >= 11 is 0. The second kappa shape index (κ2) is 5.93. The van der Waals surface area contributed by atoms with Gasteiger partial charge in [-0.05, 0) is 63.3 Å². The van der Waals surface area contributed by atoms with E-state index in [0.717, 1.165) is 43.6 Å². The molecule has 27 heavy (non-hydrogen) atoms. The molecule has 6 rings (SSSR count). The Balaban J connectivity index is 1.22. The van der Waals surface area contributed by atoms with Crippen molar-refractivity contribution in [1.29, 1.82) is 0 Å². The second-order valence-corrected chi connectivity index (χ2v) is 10.5. The van der Waals surface area contributed by atoms with Crippen molar-refractivity contribution >= 4 is 11.8 Å². The number of amides is 2. The van der Waals surface area contributed by atoms with E-state index in [2.05, 4.69) is 9.80 Å². The van der Waals surface area contributed by atoms with Crippen LogP contribution in [-0.2, 0) is 14.3 Å². The summed E-state index contributed by atoms with van der Waals surface area (Å²) in [6.45, 7) is 2.54. The molecular weight excluding hydrogens is 342 g/mol. The third-order valence-corrected chi connectivity index (χ3v) is 8.08. The molecule has 0 aromatic heterocycles. The van der Waals surface area contributed by atoms with Crippen LogP contribution in [0.3, 0.4) is 0 Å². The van der Waals surface area contributed by atoms with E-state index in [-0.39, 0.29) is 23.0 Å². The van der Waals surface area contributed by atoms with Crippen molar-refractivity contribution in [1.82, 2.24) is 14.7 Å². The van der Waals surface area contributed by atoms with Gasteiger partial charge in [0.15, 0.2) is 0 Å². The van der Waals surface area contributed by atoms with Crippen molar-refractivity contribution in [3.8, 4) is 0 Å². The number of carbonyl (C=O) groups is 2. The zero-order valence-corrected chi connectivity index (χ0v) is 16.9. The van der Waals surface area contributed by atoms with Crippen LogP contribution in [0.1, 0.15) is 38.5 Å². The summed E-state index contributed by atoms with van der Waals surface area (Å²) < 4.78 is 6.17. The van der Waals surface area contributed by atoms with Crippen molar-refractivity contribution in [3.63, 3.8) is 0 Å². The van der Waals surface area contributed by atoms with Crippen LogP contribution in [0.5, 0.6) is 0 Å². The molecule has 0 radical (unpaired) electrons. The number of hydrogen-bond acceptors (Lipinski definition) is 4. The van der Waals surface area contributed by atoms with E-state index in [1.807, 2.05) is 7.05 Å². The Bertz CT molecular complexity index is 620. The monoisotopic (exact) mass is 375 g/mol. The summed E-state index contributed by atoms with van der Waals surface area (Å²) in [5, 5.41) is 0. The highest BCUT2D eigenvalue weighted by molar-refractivity contribution is 5.84. The molecule has 6 nitrogen and oxygen atoms in total. The third kappa shape index (κ3) is 2.74. The van der Waals surface area contributed by atoms with Gasteiger partial charge in [-0.1, -0.05) is 0 Å². The van der Waals surface area contributed by atoms with Crippen molar-refractivity contribution in [2.75, 3.05) is 47.4 Å². The minimum absolute atomic E-state index is 0.0552. The highest BCUT2D eigenvalue weighted by Crippen LogP contribution is 2.61. The molecule has 6 fully saturated rings. The zero-order valence-electron chi connectivity index (χ0n) is 16.9. The largest absolute Gasteiger partial charge is 0.368 e. The molecule has 1 atom stereocenters. The van der Waals surface area contributed by atoms with Gasteiger partial charge in [0.2, 0.25) is 11.8 Å². The van der Waals surface area contributed by atoms with Gasteiger partial charge < -0.3 is 14.5 Å². The molecular formula is C21H33N3O3. The first-order valence-electron chi connectivity index (χ1n) is 10.6. The van der Waals surface area contributed by atoms with E-state index in [1.165, 1.54) is 19.3 Å². The lowest BCUT2D eigenvalue weighted by Gasteiger charge is -2.60. The van der Waals surface area contributed by atoms with E-state index >= 15 is 0 Å². The maximum atomic E-state index is 13.4. The Labute approximate surface area is 162 Å². The fourth-order valence-corrected chi connectivity index (χ4v) is 7.24. The predicted octanol–water partition coefficient (Wildman–Crippen LogP) is 1.20. The van der Waals surface area contributed by atoms with Gasteiger partial charge in [-0.15, -0.1) is 0 Å². The quantitative estimate of drug-likeness (QED) is 0.728. The first kappa shape index (κ1) is 17.9. The minimum Gasteiger partial charge on any atom is -0.368 e. The van der Waals surface area contributed by atoms with Gasteiger partial charge >= 0.3 is 0 Å². The number of rotatable bonds is 2. The van der Waals surface area contributed by atoms with Gasteiger partial charge in [0.1, 0.15) is 11.6 Å². The van der Waals surface area contributed by atoms with Crippen LogP contribution in [0.25, 0.3) is 0 Å². The summed E-state index contributed by atoms with van der Waals surface area (Å²) in [5.41, 5.74) is -0.323. The lowest BCUT2D eigenvalue weighted by atomic mass is 9.49. The van der Waals surface area contributed by atoms with Crippen molar-refractivity contribution in [2.45, 2.75) is 50.2 Å². The van der Waals surface area contributed by atoms with Crippen LogP contribution in [-0.4, -0.2) is 85.5 Å². The van der Waals surface area contributed by atoms with Gasteiger partial charge in [-0.2, -0.15) is 0 Å². The van der Waals surface area contributed by atoms with Crippen molar-refractivity contribution < 1.29 is 14.3 Å². The van der Waals surface area contributed by atoms with Crippen LogP contribution in [0, 0.1) is 23.2 Å². The molecule has 0 N–H and O–H groups in total. The molecule has 0 unspecified atom stereocenters. The second-order valence-electron chi connectivity index (χ2n) is 10.5. The lowest BCUT2D eigenvalue weighted by Crippen LogP contribution is -2.74. The maximum absolute atomic E-state index is 13.4. The molecule has 2 heterocycles. The maximum Gasteiger partial charge on any atom is 0.241 e. The summed E-state index contributed by atoms with van der Waals surface area (Å²) in [5.74, 6) is 2.89. The number of hydrogen-bond donors (Lipinski definition) is 0. The molecule has 1 spiro atoms. The van der Waals surface area contributed by atoms with Crippen LogP contribution in [0.4, 0.5) is 0 Å². The molecule has 6 heteroatoms. The molecule has 150 valence electrons. The number of morpholine rings is 1. The molecule has 2 aliphatic heterocycles. The molecule has 0 aromatic carbocycles. The topological polar surface area (TPSA) is 53.1 Å². The fraction of sp³-hybridized carbons (Fsp3) is 0.905. The van der Waals surface area contributed by atoms with Crippen LogP contribution >= 0.6 is 0 Å². The normalized spacial score (nSPS) is 42.3. The van der Waals surface area contributed by atoms with E-state index in [1.54, 1.807) is 19.0 Å². The number of nitrogens with zero attached hydrogens (tertiary/aromatic N) is 3. The SMILES string of the molecule is CN(C)C(=O)[C@@H]1COC2(CN(C(=O)C34CC5CC(CC(C5)C3)C4)C2)CN1C. The number of ether oxygens (including phenoxy) is 1. The Morgan fingerprint density at radius 3 is 2.00 bits per heavy atom. The minimum atomic E-state index is -0.268. The van der Waals surface area contributed by atoms with Crippen LogP contribution in [0.2, 0.25) is 0 Å². The van der Waals surface area contributed by atoms with Crippen molar-refractivity contribution in [2.24, 2.45) is 23.2 Å². The highest BCUT2D eigenvalue weighted by Gasteiger charge is 2.59. The van der Waals surface area contributed by atoms with E-state index in [0.29, 0.717) is 25.6 Å². The van der Waals surface area contributed by atoms with E-state index < -0.39 is 0 Å². The number of carbonyl (C=O) groups excluding carboxylic acids is 2. The first-order chi connectivity index (χ1) is 12.8. The first-order valence-corrected chi connectivity index (χ1v) is 10.6. The standard InChI is InChI=1S/C21H33N3O3/c1-22(2)18(25)17-10-27-21(11-23(17)3)12-24(13-21)19(26)20-7-14-4-15(8-20)6-16(5-14)9-20/h14-17H,4-13H2,1-3H3/t14?,15?,16?,17-,20?/m0/s1. The smallest absolute Gasteiger partial charge is 0.241 e. The van der Waals surface area contributed by atoms with E-state index in [4.69, 9.17) is 4.74 Å². The molecule has 4 aliphatic carbocycles. The summed E-state index contributed by atoms with van der Waals surface area (Å²) in [6.07, 6.45) is 7.48. The average Bonchev–Trinajstić information content (AvgIpc) is 2.57. The lowest BCUT2D eigenvalue weighted by molar-refractivity contribution is -0.212. The molecule has 0 aromatic rings. The van der Waals surface area contributed by atoms with Gasteiger partial charge in [-0.25, -0.2) is 0 Å². The predicted molar refractivity (Wildman–Crippen MR) is 101 cm³/mol. The summed E-state index contributed by atoms with van der Waals surface area (Å²) in [6, 6.07) is -0.210. The molecule has 4 bridgehead atoms. The Morgan fingerprint density at radius 2 is 1.52 bits per heavy atom. The fourth-order valence-electron chi connectivity index (χ4n) is 7.24. The Kier molecular flexibility index (Phi) is 3.94. The van der Waals surface area contributed by atoms with Gasteiger partial charge in [0, 0.05) is 20.6 Å². The average molecular weight is 376 g/mol. The molecule has 2 saturated heterocycles. The highest BCUT2D eigenvalue weighted by atomic mass is 16.5. The van der Waals surface area contributed by atoms with Gasteiger partial charge in [-0.3, -0.25) is 14.5 Å². The third-order valence-electron chi connectivity index (χ3n) is 8.08. The number of likely N-dealkylation sites (tertiary alicyclic amines) is 1. The summed E-state index contributed by atoms with van der Waals surface area (Å²) in [7, 11) is 5.57. The molecule has 2 amide bonds. The van der Waals surface area contributed by atoms with Crippen LogP contribution < -0.4 is 0 Å². The summed E-state index contributed by atoms with van der Waals surface area (Å²) in [4.78, 5) is 31.5. The van der Waals surface area contributed by atoms with Gasteiger partial charge in [0.05, 0.1) is 25.1 Å². The number of likely N-dealkylation sites (N-methyl/N-ethyl adjacent to an activating group) is 2. The Morgan fingerprint density at radius 1 is 0.963 bits per heavy atom. The van der Waals surface area contributed by atoms with Gasteiger partial charge in [0.25, 0.3) is 0 Å². The van der Waals surface area contributed by atoms with Crippen LogP contribution in [0.15, 0.2) is 0 Å². The molecule has 6 aliphatic rings.